The third-order valence-electron chi connectivity index (χ3n) is 6.08. The summed E-state index contributed by atoms with van der Waals surface area (Å²) in [5.41, 5.74) is -0.324. The van der Waals surface area contributed by atoms with Crippen molar-refractivity contribution in [2.45, 2.75) is 76.2 Å². The Morgan fingerprint density at radius 1 is 0.842 bits per heavy atom. The maximum Gasteiger partial charge on any atom is 0.0716 e. The molecule has 0 radical (unpaired) electrons. The molecular formula is C17H31NO. The summed E-state index contributed by atoms with van der Waals surface area (Å²) < 4.78 is 0. The number of hydrogen-bond donors (Lipinski definition) is 1. The maximum absolute atomic E-state index is 11.4. The minimum atomic E-state index is -0.324. The Bertz CT molecular complexity index is 281. The molecule has 0 spiro atoms. The Labute approximate surface area is 118 Å². The van der Waals surface area contributed by atoms with Crippen LogP contribution in [0.2, 0.25) is 0 Å². The van der Waals surface area contributed by atoms with Gasteiger partial charge in [0.25, 0.3) is 0 Å². The highest BCUT2D eigenvalue weighted by atomic mass is 16.3. The molecule has 0 amide bonds. The van der Waals surface area contributed by atoms with E-state index in [1.165, 1.54) is 83.8 Å². The summed E-state index contributed by atoms with van der Waals surface area (Å²) in [5, 5.41) is 11.4. The largest absolute Gasteiger partial charge is 0.389 e. The van der Waals surface area contributed by atoms with E-state index >= 15 is 0 Å². The smallest absolute Gasteiger partial charge is 0.0716 e. The fraction of sp³-hybridized carbons (Fsp3) is 1.00. The summed E-state index contributed by atoms with van der Waals surface area (Å²) in [6, 6.07) is 0. The van der Waals surface area contributed by atoms with Gasteiger partial charge in [0, 0.05) is 12.5 Å². The Kier molecular flexibility index (Phi) is 4.48. The Morgan fingerprint density at radius 3 is 2.26 bits per heavy atom. The van der Waals surface area contributed by atoms with E-state index in [-0.39, 0.29) is 5.60 Å². The van der Waals surface area contributed by atoms with Crippen LogP contribution in [0.3, 0.4) is 0 Å². The van der Waals surface area contributed by atoms with E-state index in [1.807, 2.05) is 0 Å². The third-order valence-corrected chi connectivity index (χ3v) is 6.08. The van der Waals surface area contributed by atoms with Crippen molar-refractivity contribution < 1.29 is 5.11 Å². The number of likely N-dealkylation sites (tertiary alicyclic amines) is 1. The first-order valence-corrected chi connectivity index (χ1v) is 8.74. The van der Waals surface area contributed by atoms with Crippen molar-refractivity contribution in [3.8, 4) is 0 Å². The lowest BCUT2D eigenvalue weighted by molar-refractivity contribution is -0.0809. The van der Waals surface area contributed by atoms with Crippen molar-refractivity contribution in [2.24, 2.45) is 11.8 Å². The lowest BCUT2D eigenvalue weighted by atomic mass is 9.72. The van der Waals surface area contributed by atoms with Gasteiger partial charge in [-0.2, -0.15) is 0 Å². The molecule has 2 nitrogen and oxygen atoms in total. The molecule has 3 rings (SSSR count). The van der Waals surface area contributed by atoms with Crippen LogP contribution in [0.5, 0.6) is 0 Å². The fourth-order valence-electron chi connectivity index (χ4n) is 4.92. The molecule has 2 heteroatoms. The summed E-state index contributed by atoms with van der Waals surface area (Å²) in [4.78, 5) is 2.62. The summed E-state index contributed by atoms with van der Waals surface area (Å²) >= 11 is 0. The first-order chi connectivity index (χ1) is 9.29. The minimum Gasteiger partial charge on any atom is -0.389 e. The van der Waals surface area contributed by atoms with Crippen molar-refractivity contribution in [1.29, 1.82) is 0 Å². The van der Waals surface area contributed by atoms with Crippen LogP contribution in [-0.4, -0.2) is 35.2 Å². The third kappa shape index (κ3) is 3.00. The average molecular weight is 265 g/mol. The van der Waals surface area contributed by atoms with Gasteiger partial charge in [-0.05, 0) is 57.5 Å². The SMILES string of the molecule is OC1(C2CCCC2)CCCCCC1CN1CCCC1. The van der Waals surface area contributed by atoms with E-state index in [1.54, 1.807) is 0 Å². The lowest BCUT2D eigenvalue weighted by Gasteiger charge is -2.42. The second-order valence-electron chi connectivity index (χ2n) is 7.28. The van der Waals surface area contributed by atoms with Crippen LogP contribution in [0, 0.1) is 11.8 Å². The van der Waals surface area contributed by atoms with Crippen LogP contribution < -0.4 is 0 Å². The standard InChI is InChI=1S/C17H31NO/c19-17(15-8-3-4-9-15)11-5-1-2-10-16(17)14-18-12-6-7-13-18/h15-16,19H,1-14H2. The Hall–Kier alpha value is -0.0800. The number of aliphatic hydroxyl groups is 1. The molecule has 3 aliphatic rings. The number of rotatable bonds is 3. The zero-order valence-corrected chi connectivity index (χ0v) is 12.4. The van der Waals surface area contributed by atoms with Gasteiger partial charge in [-0.1, -0.05) is 32.1 Å². The molecule has 1 saturated heterocycles. The second-order valence-corrected chi connectivity index (χ2v) is 7.28. The van der Waals surface area contributed by atoms with Gasteiger partial charge in [-0.15, -0.1) is 0 Å². The molecule has 19 heavy (non-hydrogen) atoms. The Balaban J connectivity index is 1.71. The van der Waals surface area contributed by atoms with Gasteiger partial charge >= 0.3 is 0 Å². The van der Waals surface area contributed by atoms with Crippen molar-refractivity contribution in [3.63, 3.8) is 0 Å². The lowest BCUT2D eigenvalue weighted by Crippen LogP contribution is -2.48. The van der Waals surface area contributed by atoms with Crippen LogP contribution in [0.1, 0.15) is 70.6 Å². The van der Waals surface area contributed by atoms with Gasteiger partial charge < -0.3 is 10.0 Å². The summed E-state index contributed by atoms with van der Waals surface area (Å²) in [5.74, 6) is 1.16. The van der Waals surface area contributed by atoms with Crippen molar-refractivity contribution in [3.05, 3.63) is 0 Å². The van der Waals surface area contributed by atoms with E-state index < -0.39 is 0 Å². The molecule has 2 atom stereocenters. The highest BCUT2D eigenvalue weighted by Gasteiger charge is 2.45. The van der Waals surface area contributed by atoms with E-state index in [0.717, 1.165) is 6.42 Å². The monoisotopic (exact) mass is 265 g/mol. The van der Waals surface area contributed by atoms with Crippen LogP contribution >= 0.6 is 0 Å². The Morgan fingerprint density at radius 2 is 1.53 bits per heavy atom. The molecule has 0 bridgehead atoms. The average Bonchev–Trinajstić information content (AvgIpc) is 3.07. The van der Waals surface area contributed by atoms with Gasteiger partial charge in [0.15, 0.2) is 0 Å². The molecule has 3 fully saturated rings. The molecule has 2 saturated carbocycles. The van der Waals surface area contributed by atoms with E-state index in [4.69, 9.17) is 0 Å². The van der Waals surface area contributed by atoms with Crippen molar-refractivity contribution in [2.75, 3.05) is 19.6 Å². The molecule has 1 N–H and O–H groups in total. The fourth-order valence-corrected chi connectivity index (χ4v) is 4.92. The highest BCUT2D eigenvalue weighted by molar-refractivity contribution is 4.97. The zero-order valence-electron chi connectivity index (χ0n) is 12.4. The summed E-state index contributed by atoms with van der Waals surface area (Å²) in [7, 11) is 0. The van der Waals surface area contributed by atoms with Crippen LogP contribution in [0.15, 0.2) is 0 Å². The maximum atomic E-state index is 11.4. The molecule has 2 aliphatic carbocycles. The van der Waals surface area contributed by atoms with E-state index in [9.17, 15) is 5.11 Å². The summed E-state index contributed by atoms with van der Waals surface area (Å²) in [6.45, 7) is 3.72. The van der Waals surface area contributed by atoms with Gasteiger partial charge in [0.05, 0.1) is 5.60 Å². The molecule has 1 heterocycles. The molecular weight excluding hydrogens is 234 g/mol. The molecule has 2 unspecified atom stereocenters. The first-order valence-electron chi connectivity index (χ1n) is 8.74. The molecule has 0 aromatic heterocycles. The first kappa shape index (κ1) is 13.9. The summed E-state index contributed by atoms with van der Waals surface area (Å²) in [6.07, 6.45) is 14.3. The predicted molar refractivity (Wildman–Crippen MR) is 79.2 cm³/mol. The molecule has 110 valence electrons. The van der Waals surface area contributed by atoms with E-state index in [0.29, 0.717) is 11.8 Å². The van der Waals surface area contributed by atoms with Gasteiger partial charge in [0.1, 0.15) is 0 Å². The molecule has 0 aromatic rings. The van der Waals surface area contributed by atoms with Crippen LogP contribution in [0.4, 0.5) is 0 Å². The van der Waals surface area contributed by atoms with Gasteiger partial charge in [-0.3, -0.25) is 0 Å². The molecule has 1 aliphatic heterocycles. The van der Waals surface area contributed by atoms with Gasteiger partial charge in [-0.25, -0.2) is 0 Å². The quantitative estimate of drug-likeness (QED) is 0.788. The second kappa shape index (κ2) is 6.13. The number of nitrogens with zero attached hydrogens (tertiary/aromatic N) is 1. The van der Waals surface area contributed by atoms with Crippen molar-refractivity contribution in [1.82, 2.24) is 4.90 Å². The topological polar surface area (TPSA) is 23.5 Å². The number of hydrogen-bond acceptors (Lipinski definition) is 2. The zero-order chi connectivity index (χ0) is 13.1. The normalized spacial score (nSPS) is 38.7. The minimum absolute atomic E-state index is 0.324. The molecule has 0 aromatic carbocycles. The highest BCUT2D eigenvalue weighted by Crippen LogP contribution is 2.45. The van der Waals surface area contributed by atoms with Crippen LogP contribution in [0.25, 0.3) is 0 Å². The predicted octanol–water partition coefficient (Wildman–Crippen LogP) is 3.58. The van der Waals surface area contributed by atoms with Crippen LogP contribution in [-0.2, 0) is 0 Å². The van der Waals surface area contributed by atoms with Gasteiger partial charge in [0.2, 0.25) is 0 Å². The van der Waals surface area contributed by atoms with Crippen molar-refractivity contribution >= 4 is 0 Å². The van der Waals surface area contributed by atoms with E-state index in [2.05, 4.69) is 4.90 Å².